The highest BCUT2D eigenvalue weighted by Gasteiger charge is 2.27. The summed E-state index contributed by atoms with van der Waals surface area (Å²) in [7, 11) is 0. The van der Waals surface area contributed by atoms with E-state index in [4.69, 9.17) is 0 Å². The quantitative estimate of drug-likeness (QED) is 0.686. The van der Waals surface area contributed by atoms with Crippen molar-refractivity contribution in [2.24, 2.45) is 0 Å². The van der Waals surface area contributed by atoms with Crippen molar-refractivity contribution >= 4 is 0 Å². The van der Waals surface area contributed by atoms with Crippen LogP contribution in [0.1, 0.15) is 66.2 Å². The third kappa shape index (κ3) is 4.97. The van der Waals surface area contributed by atoms with Crippen molar-refractivity contribution < 1.29 is 0 Å². The van der Waals surface area contributed by atoms with Gasteiger partial charge in [0.1, 0.15) is 0 Å². The van der Waals surface area contributed by atoms with Crippen LogP contribution in [0.2, 0.25) is 0 Å². The van der Waals surface area contributed by atoms with Crippen molar-refractivity contribution in [3.05, 3.63) is 0 Å². The van der Waals surface area contributed by atoms with Crippen molar-refractivity contribution in [3.8, 4) is 0 Å². The van der Waals surface area contributed by atoms with E-state index in [-0.39, 0.29) is 0 Å². The minimum atomic E-state index is 0.754. The topological polar surface area (TPSA) is 15.3 Å². The summed E-state index contributed by atoms with van der Waals surface area (Å²) in [6.45, 7) is 11.7. The van der Waals surface area contributed by atoms with E-state index < -0.39 is 0 Å². The molecule has 3 unspecified atom stereocenters. The van der Waals surface area contributed by atoms with E-state index >= 15 is 0 Å². The third-order valence-electron chi connectivity index (χ3n) is 4.21. The molecule has 0 aromatic heterocycles. The van der Waals surface area contributed by atoms with Gasteiger partial charge in [0.05, 0.1) is 0 Å². The zero-order valence-corrected chi connectivity index (χ0v) is 12.3. The maximum absolute atomic E-state index is 3.60. The Hall–Kier alpha value is -0.0800. The van der Waals surface area contributed by atoms with Crippen molar-refractivity contribution in [1.29, 1.82) is 0 Å². The highest BCUT2D eigenvalue weighted by Crippen LogP contribution is 2.22. The predicted molar refractivity (Wildman–Crippen MR) is 76.5 cm³/mol. The third-order valence-corrected chi connectivity index (χ3v) is 4.21. The SMILES string of the molecule is CCCCCC(C)N1CCC(NCC)CC1C. The largest absolute Gasteiger partial charge is 0.314 e. The molecule has 17 heavy (non-hydrogen) atoms. The molecule has 0 aromatic rings. The van der Waals surface area contributed by atoms with E-state index in [2.05, 4.69) is 37.9 Å². The van der Waals surface area contributed by atoms with Gasteiger partial charge < -0.3 is 5.32 Å². The average Bonchev–Trinajstić information content (AvgIpc) is 2.29. The van der Waals surface area contributed by atoms with Crippen LogP contribution in [0.5, 0.6) is 0 Å². The molecule has 1 heterocycles. The fourth-order valence-corrected chi connectivity index (χ4v) is 3.17. The first kappa shape index (κ1) is 15.0. The Morgan fingerprint density at radius 2 is 2.06 bits per heavy atom. The monoisotopic (exact) mass is 240 g/mol. The molecule has 0 radical (unpaired) electrons. The lowest BCUT2D eigenvalue weighted by atomic mass is 9.95. The van der Waals surface area contributed by atoms with Gasteiger partial charge >= 0.3 is 0 Å². The van der Waals surface area contributed by atoms with Crippen LogP contribution in [0, 0.1) is 0 Å². The summed E-state index contributed by atoms with van der Waals surface area (Å²) in [6, 6.07) is 2.29. The van der Waals surface area contributed by atoms with E-state index in [9.17, 15) is 0 Å². The first-order valence-electron chi connectivity index (χ1n) is 7.68. The van der Waals surface area contributed by atoms with Gasteiger partial charge in [-0.25, -0.2) is 0 Å². The molecular weight excluding hydrogens is 208 g/mol. The summed E-state index contributed by atoms with van der Waals surface area (Å²) in [6.07, 6.45) is 8.17. The molecule has 0 bridgehead atoms. The van der Waals surface area contributed by atoms with Crippen LogP contribution >= 0.6 is 0 Å². The van der Waals surface area contributed by atoms with Crippen LogP contribution in [0.4, 0.5) is 0 Å². The molecule has 1 aliphatic heterocycles. The van der Waals surface area contributed by atoms with Gasteiger partial charge in [0.2, 0.25) is 0 Å². The van der Waals surface area contributed by atoms with Crippen LogP contribution in [-0.4, -0.2) is 36.1 Å². The number of unbranched alkanes of at least 4 members (excludes halogenated alkanes) is 2. The lowest BCUT2D eigenvalue weighted by Crippen LogP contribution is -2.50. The summed E-state index contributed by atoms with van der Waals surface area (Å²) in [5.41, 5.74) is 0. The molecule has 0 saturated carbocycles. The van der Waals surface area contributed by atoms with E-state index in [1.54, 1.807) is 0 Å². The van der Waals surface area contributed by atoms with Crippen LogP contribution in [-0.2, 0) is 0 Å². The zero-order chi connectivity index (χ0) is 12.7. The lowest BCUT2D eigenvalue weighted by Gasteiger charge is -2.41. The number of nitrogens with one attached hydrogen (secondary N) is 1. The lowest BCUT2D eigenvalue weighted by molar-refractivity contribution is 0.0904. The fraction of sp³-hybridized carbons (Fsp3) is 1.00. The number of likely N-dealkylation sites (tertiary alicyclic amines) is 1. The highest BCUT2D eigenvalue weighted by molar-refractivity contribution is 4.85. The summed E-state index contributed by atoms with van der Waals surface area (Å²) in [4.78, 5) is 2.73. The molecule has 1 rings (SSSR count). The molecule has 0 aromatic carbocycles. The Kier molecular flexibility index (Phi) is 7.14. The summed E-state index contributed by atoms with van der Waals surface area (Å²) in [5.74, 6) is 0. The van der Waals surface area contributed by atoms with Crippen molar-refractivity contribution in [1.82, 2.24) is 10.2 Å². The smallest absolute Gasteiger partial charge is 0.00939 e. The second-order valence-corrected chi connectivity index (χ2v) is 5.71. The maximum Gasteiger partial charge on any atom is 0.00939 e. The molecular formula is C15H32N2. The number of nitrogens with zero attached hydrogens (tertiary/aromatic N) is 1. The summed E-state index contributed by atoms with van der Waals surface area (Å²) >= 11 is 0. The van der Waals surface area contributed by atoms with Gasteiger partial charge in [-0.3, -0.25) is 4.90 Å². The van der Waals surface area contributed by atoms with E-state index in [1.807, 2.05) is 0 Å². The standard InChI is InChI=1S/C15H32N2/c1-5-7-8-9-13(3)17-11-10-15(16-6-2)12-14(17)4/h13-16H,5-12H2,1-4H3. The van der Waals surface area contributed by atoms with Crippen LogP contribution < -0.4 is 5.32 Å². The number of piperidine rings is 1. The summed E-state index contributed by atoms with van der Waals surface area (Å²) < 4.78 is 0. The fourth-order valence-electron chi connectivity index (χ4n) is 3.17. The average molecular weight is 240 g/mol. The van der Waals surface area contributed by atoms with Crippen molar-refractivity contribution in [2.45, 2.75) is 84.3 Å². The second kappa shape index (κ2) is 8.10. The first-order valence-corrected chi connectivity index (χ1v) is 7.68. The van der Waals surface area contributed by atoms with E-state index in [0.717, 1.165) is 24.7 Å². The molecule has 0 spiro atoms. The normalized spacial score (nSPS) is 28.2. The minimum absolute atomic E-state index is 0.754. The van der Waals surface area contributed by atoms with Gasteiger partial charge in [0.25, 0.3) is 0 Å². The van der Waals surface area contributed by atoms with Crippen molar-refractivity contribution in [3.63, 3.8) is 0 Å². The molecule has 0 amide bonds. The number of rotatable bonds is 7. The Bertz CT molecular complexity index is 189. The highest BCUT2D eigenvalue weighted by atomic mass is 15.2. The molecule has 2 nitrogen and oxygen atoms in total. The second-order valence-electron chi connectivity index (χ2n) is 5.71. The van der Waals surface area contributed by atoms with Crippen LogP contribution in [0.15, 0.2) is 0 Å². The zero-order valence-electron chi connectivity index (χ0n) is 12.3. The Morgan fingerprint density at radius 1 is 1.29 bits per heavy atom. The number of hydrogen-bond donors (Lipinski definition) is 1. The molecule has 2 heteroatoms. The van der Waals surface area contributed by atoms with Crippen LogP contribution in [0.3, 0.4) is 0 Å². The Labute approximate surface area is 108 Å². The van der Waals surface area contributed by atoms with Crippen LogP contribution in [0.25, 0.3) is 0 Å². The minimum Gasteiger partial charge on any atom is -0.314 e. The van der Waals surface area contributed by atoms with Gasteiger partial charge in [-0.1, -0.05) is 33.1 Å². The van der Waals surface area contributed by atoms with Gasteiger partial charge in [-0.15, -0.1) is 0 Å². The molecule has 1 N–H and O–H groups in total. The van der Waals surface area contributed by atoms with Crippen molar-refractivity contribution in [2.75, 3.05) is 13.1 Å². The van der Waals surface area contributed by atoms with E-state index in [1.165, 1.54) is 45.1 Å². The number of hydrogen-bond acceptors (Lipinski definition) is 2. The van der Waals surface area contributed by atoms with Gasteiger partial charge in [0.15, 0.2) is 0 Å². The Balaban J connectivity index is 2.29. The molecule has 1 saturated heterocycles. The van der Waals surface area contributed by atoms with E-state index in [0.29, 0.717) is 0 Å². The van der Waals surface area contributed by atoms with Gasteiger partial charge in [-0.2, -0.15) is 0 Å². The van der Waals surface area contributed by atoms with Gasteiger partial charge in [0, 0.05) is 24.7 Å². The Morgan fingerprint density at radius 3 is 2.65 bits per heavy atom. The molecule has 102 valence electrons. The van der Waals surface area contributed by atoms with Gasteiger partial charge in [-0.05, 0) is 39.7 Å². The predicted octanol–water partition coefficient (Wildman–Crippen LogP) is 3.42. The maximum atomic E-state index is 3.60. The molecule has 1 aliphatic rings. The molecule has 0 aliphatic carbocycles. The summed E-state index contributed by atoms with van der Waals surface area (Å²) in [5, 5.41) is 3.60. The molecule has 3 atom stereocenters. The molecule has 1 fully saturated rings. The first-order chi connectivity index (χ1) is 8.19.